The Bertz CT molecular complexity index is 733. The van der Waals surface area contributed by atoms with Crippen LogP contribution in [0.1, 0.15) is 26.3 Å². The fourth-order valence-corrected chi connectivity index (χ4v) is 2.93. The number of hydrogen-bond donors (Lipinski definition) is 1. The smallest absolute Gasteiger partial charge is 0.140 e. The van der Waals surface area contributed by atoms with Gasteiger partial charge in [0.05, 0.1) is 4.88 Å². The van der Waals surface area contributed by atoms with Crippen LogP contribution in [0.15, 0.2) is 35.8 Å². The number of hydrogen-bond acceptors (Lipinski definition) is 3. The Morgan fingerprint density at radius 1 is 1.20 bits per heavy atom. The molecule has 0 aliphatic carbocycles. The van der Waals surface area contributed by atoms with Crippen molar-refractivity contribution in [3.05, 3.63) is 41.4 Å². The molecule has 0 unspecified atom stereocenters. The van der Waals surface area contributed by atoms with Crippen LogP contribution in [0.5, 0.6) is 0 Å². The summed E-state index contributed by atoms with van der Waals surface area (Å²) in [6.45, 7) is 8.60. The summed E-state index contributed by atoms with van der Waals surface area (Å²) in [5, 5.41) is 5.68. The summed E-state index contributed by atoms with van der Waals surface area (Å²) < 4.78 is 2.15. The lowest BCUT2D eigenvalue weighted by Gasteiger charge is -2.22. The molecule has 0 aliphatic heterocycles. The van der Waals surface area contributed by atoms with Gasteiger partial charge in [-0.25, -0.2) is 4.98 Å². The van der Waals surface area contributed by atoms with Gasteiger partial charge in [0.15, 0.2) is 0 Å². The molecule has 0 bridgehead atoms. The molecule has 0 amide bonds. The molecule has 3 aromatic rings. The molecule has 0 aliphatic rings. The van der Waals surface area contributed by atoms with Crippen molar-refractivity contribution in [2.24, 2.45) is 0 Å². The maximum absolute atomic E-state index is 4.79. The summed E-state index contributed by atoms with van der Waals surface area (Å²) in [6.07, 6.45) is 2.13. The molecule has 3 rings (SSSR count). The van der Waals surface area contributed by atoms with E-state index in [-0.39, 0.29) is 5.54 Å². The summed E-state index contributed by atoms with van der Waals surface area (Å²) in [5.74, 6) is 1.07. The highest BCUT2D eigenvalue weighted by molar-refractivity contribution is 7.13. The Kier molecular flexibility index (Phi) is 3.05. The Morgan fingerprint density at radius 3 is 2.65 bits per heavy atom. The van der Waals surface area contributed by atoms with Gasteiger partial charge in [0, 0.05) is 11.7 Å². The highest BCUT2D eigenvalue weighted by Gasteiger charge is 2.19. The Balaban J connectivity index is 2.25. The Labute approximate surface area is 123 Å². The largest absolute Gasteiger partial charge is 0.365 e. The normalized spacial score (nSPS) is 12.0. The molecular formula is C16H19N3S. The van der Waals surface area contributed by atoms with Gasteiger partial charge in [-0.2, -0.15) is 0 Å². The summed E-state index contributed by atoms with van der Waals surface area (Å²) in [5.41, 5.74) is 3.22. The number of nitrogens with one attached hydrogen (secondary N) is 1. The second-order valence-corrected chi connectivity index (χ2v) is 7.04. The van der Waals surface area contributed by atoms with Crippen LogP contribution in [0, 0.1) is 6.92 Å². The molecule has 20 heavy (non-hydrogen) atoms. The first kappa shape index (κ1) is 13.2. The third kappa shape index (κ3) is 2.43. The van der Waals surface area contributed by atoms with Crippen molar-refractivity contribution in [3.63, 3.8) is 0 Å². The first-order chi connectivity index (χ1) is 9.44. The number of nitrogens with zero attached hydrogens (tertiary/aromatic N) is 2. The number of rotatable bonds is 2. The fraction of sp³-hybridized carbons (Fsp3) is 0.312. The molecule has 1 N–H and O–H groups in total. The van der Waals surface area contributed by atoms with E-state index in [1.54, 1.807) is 11.3 Å². The molecule has 0 aromatic carbocycles. The molecule has 4 heteroatoms. The molecule has 0 radical (unpaired) electrons. The van der Waals surface area contributed by atoms with E-state index in [1.807, 2.05) is 0 Å². The van der Waals surface area contributed by atoms with Crippen molar-refractivity contribution in [3.8, 4) is 10.6 Å². The maximum atomic E-state index is 4.79. The van der Waals surface area contributed by atoms with E-state index < -0.39 is 0 Å². The zero-order valence-electron chi connectivity index (χ0n) is 12.3. The monoisotopic (exact) mass is 285 g/mol. The summed E-state index contributed by atoms with van der Waals surface area (Å²) >= 11 is 1.72. The third-order valence-corrected chi connectivity index (χ3v) is 3.89. The van der Waals surface area contributed by atoms with Gasteiger partial charge in [-0.05, 0) is 50.8 Å². The molecule has 0 saturated heterocycles. The van der Waals surface area contributed by atoms with Crippen LogP contribution in [0.3, 0.4) is 0 Å². The van der Waals surface area contributed by atoms with Gasteiger partial charge >= 0.3 is 0 Å². The average molecular weight is 285 g/mol. The number of pyridine rings is 1. The van der Waals surface area contributed by atoms with Crippen molar-refractivity contribution in [1.82, 2.24) is 9.38 Å². The summed E-state index contributed by atoms with van der Waals surface area (Å²) in [7, 11) is 0. The standard InChI is InChI=1S/C16H19N3S/c1-11-7-8-13-17-14(12-6-5-9-20-12)15(19(13)10-11)18-16(2,3)4/h5-10,18H,1-4H3. The minimum atomic E-state index is -0.00822. The van der Waals surface area contributed by atoms with E-state index in [0.717, 1.165) is 17.2 Å². The van der Waals surface area contributed by atoms with Crippen molar-refractivity contribution in [2.45, 2.75) is 33.2 Å². The molecule has 3 nitrogen and oxygen atoms in total. The van der Waals surface area contributed by atoms with Crippen molar-refractivity contribution in [2.75, 3.05) is 5.32 Å². The van der Waals surface area contributed by atoms with Gasteiger partial charge in [0.25, 0.3) is 0 Å². The molecule has 3 heterocycles. The Hall–Kier alpha value is -1.81. The first-order valence-electron chi connectivity index (χ1n) is 6.75. The first-order valence-corrected chi connectivity index (χ1v) is 7.63. The predicted octanol–water partition coefficient (Wildman–Crippen LogP) is 4.58. The van der Waals surface area contributed by atoms with Gasteiger partial charge in [0.2, 0.25) is 0 Å². The zero-order chi connectivity index (χ0) is 14.3. The second-order valence-electron chi connectivity index (χ2n) is 6.10. The van der Waals surface area contributed by atoms with Gasteiger partial charge in [-0.3, -0.25) is 4.40 Å². The van der Waals surface area contributed by atoms with Gasteiger partial charge < -0.3 is 5.32 Å². The number of aryl methyl sites for hydroxylation is 1. The lowest BCUT2D eigenvalue weighted by molar-refractivity contribution is 0.629. The zero-order valence-corrected chi connectivity index (χ0v) is 13.1. The van der Waals surface area contributed by atoms with E-state index in [4.69, 9.17) is 4.98 Å². The van der Waals surface area contributed by atoms with Crippen LogP contribution in [0.4, 0.5) is 5.82 Å². The SMILES string of the molecule is Cc1ccc2nc(-c3cccs3)c(NC(C)(C)C)n2c1. The summed E-state index contributed by atoms with van der Waals surface area (Å²) in [6, 6.07) is 8.35. The molecule has 0 spiro atoms. The van der Waals surface area contributed by atoms with Crippen LogP contribution >= 0.6 is 11.3 Å². The van der Waals surface area contributed by atoms with E-state index in [2.05, 4.69) is 73.3 Å². The van der Waals surface area contributed by atoms with Crippen LogP contribution in [-0.2, 0) is 0 Å². The van der Waals surface area contributed by atoms with Gasteiger partial charge in [-0.15, -0.1) is 11.3 Å². The number of imidazole rings is 1. The van der Waals surface area contributed by atoms with E-state index in [0.29, 0.717) is 0 Å². The number of anilines is 1. The average Bonchev–Trinajstić information content (AvgIpc) is 2.96. The molecule has 0 atom stereocenters. The molecular weight excluding hydrogens is 266 g/mol. The van der Waals surface area contributed by atoms with Gasteiger partial charge in [-0.1, -0.05) is 12.1 Å². The van der Waals surface area contributed by atoms with Gasteiger partial charge in [0.1, 0.15) is 17.2 Å². The molecule has 0 saturated carbocycles. The second kappa shape index (κ2) is 4.63. The van der Waals surface area contributed by atoms with Crippen LogP contribution in [-0.4, -0.2) is 14.9 Å². The van der Waals surface area contributed by atoms with E-state index in [1.165, 1.54) is 10.4 Å². The third-order valence-electron chi connectivity index (χ3n) is 3.01. The van der Waals surface area contributed by atoms with Crippen LogP contribution in [0.2, 0.25) is 0 Å². The minimum absolute atomic E-state index is 0.00822. The molecule has 104 valence electrons. The number of aromatic nitrogens is 2. The fourth-order valence-electron chi connectivity index (χ4n) is 2.21. The highest BCUT2D eigenvalue weighted by atomic mass is 32.1. The quantitative estimate of drug-likeness (QED) is 0.746. The lowest BCUT2D eigenvalue weighted by Crippen LogP contribution is -2.27. The predicted molar refractivity (Wildman–Crippen MR) is 86.6 cm³/mol. The minimum Gasteiger partial charge on any atom is -0.365 e. The maximum Gasteiger partial charge on any atom is 0.140 e. The molecule has 3 aromatic heterocycles. The summed E-state index contributed by atoms with van der Waals surface area (Å²) in [4.78, 5) is 5.98. The van der Waals surface area contributed by atoms with Crippen molar-refractivity contribution < 1.29 is 0 Å². The Morgan fingerprint density at radius 2 is 2.00 bits per heavy atom. The van der Waals surface area contributed by atoms with E-state index >= 15 is 0 Å². The molecule has 0 fully saturated rings. The van der Waals surface area contributed by atoms with Crippen LogP contribution in [0.25, 0.3) is 16.2 Å². The lowest BCUT2D eigenvalue weighted by atomic mass is 10.1. The van der Waals surface area contributed by atoms with E-state index in [9.17, 15) is 0 Å². The topological polar surface area (TPSA) is 29.3 Å². The highest BCUT2D eigenvalue weighted by Crippen LogP contribution is 2.33. The van der Waals surface area contributed by atoms with Crippen LogP contribution < -0.4 is 5.32 Å². The number of fused-ring (bicyclic) bond motifs is 1. The number of thiophene rings is 1. The van der Waals surface area contributed by atoms with Crippen molar-refractivity contribution in [1.29, 1.82) is 0 Å². The van der Waals surface area contributed by atoms with Crippen molar-refractivity contribution >= 4 is 22.8 Å².